The molecule has 0 bridgehead atoms. The average molecular weight is 485 g/mol. The molecule has 5 nitrogen and oxygen atoms in total. The number of rotatable bonds is 4. The van der Waals surface area contributed by atoms with E-state index < -0.39 is 0 Å². The zero-order valence-electron chi connectivity index (χ0n) is 15.7. The van der Waals surface area contributed by atoms with E-state index in [1.165, 1.54) is 10.6 Å². The lowest BCUT2D eigenvalue weighted by atomic mass is 10.2. The first-order valence-electron chi connectivity index (χ1n) is 8.93. The van der Waals surface area contributed by atoms with E-state index in [1.807, 2.05) is 0 Å². The number of nitrogens with zero attached hydrogens (tertiary/aromatic N) is 4. The zero-order valence-corrected chi connectivity index (χ0v) is 18.9. The molecule has 3 rings (SSSR count). The third kappa shape index (κ3) is 5.33. The summed E-state index contributed by atoms with van der Waals surface area (Å²) in [6.07, 6.45) is 0. The Morgan fingerprint density at radius 3 is 2.42 bits per heavy atom. The number of para-hydroxylation sites is 1. The van der Waals surface area contributed by atoms with Gasteiger partial charge in [-0.05, 0) is 32.9 Å². The number of aliphatic imine (C=N–C) groups is 1. The van der Waals surface area contributed by atoms with Gasteiger partial charge in [0.25, 0.3) is 0 Å². The fourth-order valence-corrected chi connectivity index (χ4v) is 3.97. The van der Waals surface area contributed by atoms with Gasteiger partial charge < -0.3 is 15.1 Å². The molecule has 2 aromatic rings. The van der Waals surface area contributed by atoms with Gasteiger partial charge in [-0.25, -0.2) is 9.98 Å². The van der Waals surface area contributed by atoms with E-state index in [4.69, 9.17) is 4.99 Å². The molecule has 0 atom stereocenters. The van der Waals surface area contributed by atoms with Gasteiger partial charge in [0.05, 0.1) is 17.2 Å². The monoisotopic (exact) mass is 485 g/mol. The summed E-state index contributed by atoms with van der Waals surface area (Å²) < 4.78 is 0. The topological polar surface area (TPSA) is 43.8 Å². The SMILES string of the molecule is CCNC(=NCc1sc(C)nc1C)N1CCN(c2ccccc2)CC1.I. The predicted molar refractivity (Wildman–Crippen MR) is 122 cm³/mol. The highest BCUT2D eigenvalue weighted by atomic mass is 127. The number of anilines is 1. The van der Waals surface area contributed by atoms with Crippen molar-refractivity contribution in [2.75, 3.05) is 37.6 Å². The molecule has 1 N–H and O–H groups in total. The maximum atomic E-state index is 4.86. The van der Waals surface area contributed by atoms with Crippen LogP contribution in [0.5, 0.6) is 0 Å². The zero-order chi connectivity index (χ0) is 17.6. The van der Waals surface area contributed by atoms with E-state index in [9.17, 15) is 0 Å². The summed E-state index contributed by atoms with van der Waals surface area (Å²) in [5, 5.41) is 4.56. The van der Waals surface area contributed by atoms with Crippen LogP contribution >= 0.6 is 35.3 Å². The second-order valence-electron chi connectivity index (χ2n) is 6.22. The Kier molecular flexibility index (Phi) is 8.15. The van der Waals surface area contributed by atoms with Gasteiger partial charge in [0, 0.05) is 43.3 Å². The van der Waals surface area contributed by atoms with Gasteiger partial charge in [0.2, 0.25) is 0 Å². The molecular formula is C19H28IN5S. The molecule has 1 fully saturated rings. The molecule has 1 aliphatic rings. The van der Waals surface area contributed by atoms with E-state index >= 15 is 0 Å². The van der Waals surface area contributed by atoms with E-state index in [0.29, 0.717) is 6.54 Å². The van der Waals surface area contributed by atoms with Crippen molar-refractivity contribution in [1.29, 1.82) is 0 Å². The first kappa shape index (κ1) is 21.0. The van der Waals surface area contributed by atoms with Crippen molar-refractivity contribution in [1.82, 2.24) is 15.2 Å². The summed E-state index contributed by atoms with van der Waals surface area (Å²) in [5.41, 5.74) is 2.41. The van der Waals surface area contributed by atoms with E-state index in [-0.39, 0.29) is 24.0 Å². The fraction of sp³-hybridized carbons (Fsp3) is 0.474. The number of nitrogens with one attached hydrogen (secondary N) is 1. The van der Waals surface area contributed by atoms with Crippen molar-refractivity contribution < 1.29 is 0 Å². The normalized spacial score (nSPS) is 15.0. The third-order valence-corrected chi connectivity index (χ3v) is 5.47. The molecule has 0 unspecified atom stereocenters. The van der Waals surface area contributed by atoms with E-state index in [0.717, 1.165) is 49.4 Å². The largest absolute Gasteiger partial charge is 0.368 e. The van der Waals surface area contributed by atoms with Crippen molar-refractivity contribution in [3.63, 3.8) is 0 Å². The number of hydrogen-bond donors (Lipinski definition) is 1. The quantitative estimate of drug-likeness (QED) is 0.408. The number of halogens is 1. The number of benzene rings is 1. The average Bonchev–Trinajstić information content (AvgIpc) is 2.97. The van der Waals surface area contributed by atoms with Crippen molar-refractivity contribution >= 4 is 47.0 Å². The predicted octanol–water partition coefficient (Wildman–Crippen LogP) is 3.67. The van der Waals surface area contributed by atoms with Crippen LogP contribution in [0.15, 0.2) is 35.3 Å². The smallest absolute Gasteiger partial charge is 0.194 e. The van der Waals surface area contributed by atoms with Crippen LogP contribution in [0.1, 0.15) is 22.5 Å². The van der Waals surface area contributed by atoms with Crippen LogP contribution in [0.2, 0.25) is 0 Å². The minimum Gasteiger partial charge on any atom is -0.368 e. The standard InChI is InChI=1S/C19H27N5S.HI/c1-4-20-19(21-14-18-15(2)22-16(3)25-18)24-12-10-23(11-13-24)17-8-6-5-7-9-17;/h5-9H,4,10-14H2,1-3H3,(H,20,21);1H. The van der Waals surface area contributed by atoms with Crippen molar-refractivity contribution in [3.8, 4) is 0 Å². The molecule has 142 valence electrons. The number of thiazole rings is 1. The van der Waals surface area contributed by atoms with E-state index in [2.05, 4.69) is 71.2 Å². The molecule has 26 heavy (non-hydrogen) atoms. The maximum absolute atomic E-state index is 4.86. The minimum atomic E-state index is 0. The van der Waals surface area contributed by atoms with Crippen molar-refractivity contribution in [2.45, 2.75) is 27.3 Å². The van der Waals surface area contributed by atoms with Gasteiger partial charge in [-0.3, -0.25) is 0 Å². The number of guanidine groups is 1. The molecular weight excluding hydrogens is 457 g/mol. The Morgan fingerprint density at radius 2 is 1.85 bits per heavy atom. The Labute approximate surface area is 177 Å². The highest BCUT2D eigenvalue weighted by Gasteiger charge is 2.19. The van der Waals surface area contributed by atoms with Gasteiger partial charge in [0.15, 0.2) is 5.96 Å². The minimum absolute atomic E-state index is 0. The molecule has 0 amide bonds. The van der Waals surface area contributed by atoms with Gasteiger partial charge in [-0.2, -0.15) is 0 Å². The van der Waals surface area contributed by atoms with Crippen LogP contribution in [0.25, 0.3) is 0 Å². The molecule has 0 aliphatic carbocycles. The first-order valence-corrected chi connectivity index (χ1v) is 9.75. The van der Waals surface area contributed by atoms with Crippen LogP contribution < -0.4 is 10.2 Å². The number of hydrogen-bond acceptors (Lipinski definition) is 4. The number of piperazine rings is 1. The molecule has 0 radical (unpaired) electrons. The van der Waals surface area contributed by atoms with Crippen LogP contribution in [0.3, 0.4) is 0 Å². The second kappa shape index (κ2) is 10.1. The van der Waals surface area contributed by atoms with Gasteiger partial charge >= 0.3 is 0 Å². The van der Waals surface area contributed by atoms with Crippen LogP contribution in [-0.4, -0.2) is 48.6 Å². The Bertz CT molecular complexity index is 708. The van der Waals surface area contributed by atoms with Crippen LogP contribution in [-0.2, 0) is 6.54 Å². The molecule has 1 aromatic heterocycles. The number of aryl methyl sites for hydroxylation is 2. The summed E-state index contributed by atoms with van der Waals surface area (Å²) >= 11 is 1.75. The lowest BCUT2D eigenvalue weighted by Crippen LogP contribution is -2.52. The molecule has 7 heteroatoms. The van der Waals surface area contributed by atoms with Crippen molar-refractivity contribution in [3.05, 3.63) is 45.9 Å². The lowest BCUT2D eigenvalue weighted by molar-refractivity contribution is 0.372. The van der Waals surface area contributed by atoms with Gasteiger partial charge in [-0.1, -0.05) is 18.2 Å². The second-order valence-corrected chi connectivity index (χ2v) is 7.51. The summed E-state index contributed by atoms with van der Waals surface area (Å²) in [6.45, 7) is 11.9. The van der Waals surface area contributed by atoms with Crippen molar-refractivity contribution in [2.24, 2.45) is 4.99 Å². The Balaban J connectivity index is 0.00000243. The summed E-state index contributed by atoms with van der Waals surface area (Å²) in [5.74, 6) is 1.01. The highest BCUT2D eigenvalue weighted by molar-refractivity contribution is 14.0. The number of aromatic nitrogens is 1. The van der Waals surface area contributed by atoms with Gasteiger partial charge in [-0.15, -0.1) is 35.3 Å². The molecule has 0 saturated carbocycles. The lowest BCUT2D eigenvalue weighted by Gasteiger charge is -2.37. The summed E-state index contributed by atoms with van der Waals surface area (Å²) in [4.78, 5) is 15.4. The highest BCUT2D eigenvalue weighted by Crippen LogP contribution is 2.19. The first-order chi connectivity index (χ1) is 12.2. The molecule has 2 heterocycles. The summed E-state index contributed by atoms with van der Waals surface area (Å²) in [7, 11) is 0. The van der Waals surface area contributed by atoms with E-state index in [1.54, 1.807) is 11.3 Å². The Morgan fingerprint density at radius 1 is 1.15 bits per heavy atom. The molecule has 1 aliphatic heterocycles. The third-order valence-electron chi connectivity index (χ3n) is 4.41. The molecule has 0 spiro atoms. The fourth-order valence-electron chi connectivity index (χ4n) is 3.11. The van der Waals surface area contributed by atoms with Gasteiger partial charge in [0.1, 0.15) is 0 Å². The summed E-state index contributed by atoms with van der Waals surface area (Å²) in [6, 6.07) is 10.6. The maximum Gasteiger partial charge on any atom is 0.194 e. The molecule has 1 aromatic carbocycles. The molecule has 1 saturated heterocycles. The van der Waals surface area contributed by atoms with Crippen LogP contribution in [0, 0.1) is 13.8 Å². The Hall–Kier alpha value is -1.35. The van der Waals surface area contributed by atoms with Crippen LogP contribution in [0.4, 0.5) is 5.69 Å².